The molecule has 0 aliphatic carbocycles. The van der Waals surface area contributed by atoms with Crippen molar-refractivity contribution in [3.63, 3.8) is 0 Å². The molecule has 4 nitrogen and oxygen atoms in total. The van der Waals surface area contributed by atoms with Crippen LogP contribution >= 0.6 is 0 Å². The topological polar surface area (TPSA) is 37.4 Å². The minimum atomic E-state index is 0.265. The molecule has 1 unspecified atom stereocenters. The minimum absolute atomic E-state index is 0.265. The zero-order valence-electron chi connectivity index (χ0n) is 9.94. The highest BCUT2D eigenvalue weighted by atomic mass is 16.5. The molecule has 16 heavy (non-hydrogen) atoms. The molecule has 0 spiro atoms. The SMILES string of the molecule is Cc1ccnc(N(C)CC2CNCCO2)c1. The Hall–Kier alpha value is -1.13. The van der Waals surface area contributed by atoms with E-state index in [9.17, 15) is 0 Å². The molecule has 2 heterocycles. The van der Waals surface area contributed by atoms with Crippen LogP contribution in [0.4, 0.5) is 5.82 Å². The highest BCUT2D eigenvalue weighted by molar-refractivity contribution is 5.39. The van der Waals surface area contributed by atoms with Crippen molar-refractivity contribution in [2.45, 2.75) is 13.0 Å². The maximum absolute atomic E-state index is 5.67. The molecule has 2 rings (SSSR count). The smallest absolute Gasteiger partial charge is 0.128 e. The Morgan fingerprint density at radius 1 is 1.62 bits per heavy atom. The number of nitrogens with zero attached hydrogens (tertiary/aromatic N) is 2. The molecule has 1 N–H and O–H groups in total. The zero-order chi connectivity index (χ0) is 11.4. The molecule has 0 radical (unpaired) electrons. The van der Waals surface area contributed by atoms with E-state index in [4.69, 9.17) is 4.74 Å². The molecule has 1 saturated heterocycles. The number of likely N-dealkylation sites (N-methyl/N-ethyl adjacent to an activating group) is 1. The van der Waals surface area contributed by atoms with Gasteiger partial charge < -0.3 is 15.0 Å². The third-order valence-corrected chi connectivity index (χ3v) is 2.77. The second-order valence-electron chi connectivity index (χ2n) is 4.27. The molecule has 0 amide bonds. The zero-order valence-corrected chi connectivity index (χ0v) is 9.94. The molecule has 0 saturated carbocycles. The first-order valence-electron chi connectivity index (χ1n) is 5.72. The number of hydrogen-bond acceptors (Lipinski definition) is 4. The standard InChI is InChI=1S/C12H19N3O/c1-10-3-4-14-12(7-10)15(2)9-11-8-13-5-6-16-11/h3-4,7,11,13H,5-6,8-9H2,1-2H3. The lowest BCUT2D eigenvalue weighted by atomic mass is 10.2. The van der Waals surface area contributed by atoms with Gasteiger partial charge in [-0.05, 0) is 24.6 Å². The number of ether oxygens (including phenoxy) is 1. The maximum Gasteiger partial charge on any atom is 0.128 e. The van der Waals surface area contributed by atoms with Crippen LogP contribution in [0.3, 0.4) is 0 Å². The van der Waals surface area contributed by atoms with Gasteiger partial charge in [0, 0.05) is 32.9 Å². The van der Waals surface area contributed by atoms with E-state index in [0.717, 1.165) is 32.1 Å². The molecule has 1 aromatic heterocycles. The second kappa shape index (κ2) is 5.27. The molecule has 1 aromatic rings. The number of morpholine rings is 1. The summed E-state index contributed by atoms with van der Waals surface area (Å²) in [7, 11) is 2.06. The lowest BCUT2D eigenvalue weighted by molar-refractivity contribution is 0.0339. The predicted molar refractivity (Wildman–Crippen MR) is 64.9 cm³/mol. The van der Waals surface area contributed by atoms with Crippen LogP contribution in [-0.2, 0) is 4.74 Å². The van der Waals surface area contributed by atoms with Gasteiger partial charge in [-0.25, -0.2) is 4.98 Å². The third-order valence-electron chi connectivity index (χ3n) is 2.77. The normalized spacial score (nSPS) is 20.8. The van der Waals surface area contributed by atoms with Crippen molar-refractivity contribution in [3.05, 3.63) is 23.9 Å². The molecular weight excluding hydrogens is 202 g/mol. The average Bonchev–Trinajstić information content (AvgIpc) is 2.30. The largest absolute Gasteiger partial charge is 0.374 e. The van der Waals surface area contributed by atoms with Crippen molar-refractivity contribution < 1.29 is 4.74 Å². The molecule has 0 bridgehead atoms. The summed E-state index contributed by atoms with van der Waals surface area (Å²) >= 11 is 0. The molecule has 4 heteroatoms. The van der Waals surface area contributed by atoms with E-state index in [0.29, 0.717) is 0 Å². The quantitative estimate of drug-likeness (QED) is 0.820. The summed E-state index contributed by atoms with van der Waals surface area (Å²) in [5.41, 5.74) is 1.24. The lowest BCUT2D eigenvalue weighted by Gasteiger charge is -2.28. The molecular formula is C12H19N3O. The van der Waals surface area contributed by atoms with E-state index in [1.54, 1.807) is 0 Å². The van der Waals surface area contributed by atoms with Crippen LogP contribution < -0.4 is 10.2 Å². The number of rotatable bonds is 3. The van der Waals surface area contributed by atoms with E-state index in [1.165, 1.54) is 5.56 Å². The Kier molecular flexibility index (Phi) is 3.74. The Labute approximate surface area is 96.6 Å². The van der Waals surface area contributed by atoms with E-state index >= 15 is 0 Å². The minimum Gasteiger partial charge on any atom is -0.374 e. The van der Waals surface area contributed by atoms with Crippen LogP contribution in [0.2, 0.25) is 0 Å². The Balaban J connectivity index is 1.94. The fourth-order valence-corrected chi connectivity index (χ4v) is 1.86. The van der Waals surface area contributed by atoms with E-state index in [2.05, 4.69) is 35.2 Å². The molecule has 0 aromatic carbocycles. The van der Waals surface area contributed by atoms with Gasteiger partial charge in [0.2, 0.25) is 0 Å². The van der Waals surface area contributed by atoms with E-state index < -0.39 is 0 Å². The van der Waals surface area contributed by atoms with Gasteiger partial charge in [-0.2, -0.15) is 0 Å². The van der Waals surface area contributed by atoms with Crippen molar-refractivity contribution in [1.29, 1.82) is 0 Å². The molecule has 1 aliphatic rings. The van der Waals surface area contributed by atoms with Crippen molar-refractivity contribution in [2.75, 3.05) is 38.2 Å². The van der Waals surface area contributed by atoms with Crippen molar-refractivity contribution in [2.24, 2.45) is 0 Å². The van der Waals surface area contributed by atoms with Crippen LogP contribution in [0.25, 0.3) is 0 Å². The molecule has 1 atom stereocenters. The van der Waals surface area contributed by atoms with Gasteiger partial charge in [-0.3, -0.25) is 0 Å². The van der Waals surface area contributed by atoms with Crippen LogP contribution in [0.15, 0.2) is 18.3 Å². The fourth-order valence-electron chi connectivity index (χ4n) is 1.86. The Bertz CT molecular complexity index is 337. The third kappa shape index (κ3) is 2.93. The van der Waals surface area contributed by atoms with Gasteiger partial charge in [0.1, 0.15) is 5.82 Å². The second-order valence-corrected chi connectivity index (χ2v) is 4.27. The van der Waals surface area contributed by atoms with Gasteiger partial charge in [0.25, 0.3) is 0 Å². The number of pyridine rings is 1. The number of anilines is 1. The van der Waals surface area contributed by atoms with E-state index in [1.807, 2.05) is 12.3 Å². The van der Waals surface area contributed by atoms with Crippen molar-refractivity contribution in [1.82, 2.24) is 10.3 Å². The van der Waals surface area contributed by atoms with Crippen LogP contribution in [-0.4, -0.2) is 44.4 Å². The Morgan fingerprint density at radius 2 is 2.50 bits per heavy atom. The molecule has 88 valence electrons. The predicted octanol–water partition coefficient (Wildman–Crippen LogP) is 0.815. The lowest BCUT2D eigenvalue weighted by Crippen LogP contribution is -2.44. The average molecular weight is 221 g/mol. The summed E-state index contributed by atoms with van der Waals surface area (Å²) in [6.45, 7) is 5.65. The fraction of sp³-hybridized carbons (Fsp3) is 0.583. The monoisotopic (exact) mass is 221 g/mol. The summed E-state index contributed by atoms with van der Waals surface area (Å²) in [5, 5.41) is 3.33. The van der Waals surface area contributed by atoms with Gasteiger partial charge in [0.05, 0.1) is 12.7 Å². The summed E-state index contributed by atoms with van der Waals surface area (Å²) in [6.07, 6.45) is 2.11. The van der Waals surface area contributed by atoms with Crippen LogP contribution in [0.1, 0.15) is 5.56 Å². The van der Waals surface area contributed by atoms with Crippen LogP contribution in [0.5, 0.6) is 0 Å². The van der Waals surface area contributed by atoms with Crippen molar-refractivity contribution in [3.8, 4) is 0 Å². The summed E-state index contributed by atoms with van der Waals surface area (Å²) < 4.78 is 5.67. The van der Waals surface area contributed by atoms with Gasteiger partial charge in [-0.15, -0.1) is 0 Å². The summed E-state index contributed by atoms with van der Waals surface area (Å²) in [4.78, 5) is 6.50. The highest BCUT2D eigenvalue weighted by Gasteiger charge is 2.16. The van der Waals surface area contributed by atoms with Crippen LogP contribution in [0, 0.1) is 6.92 Å². The first kappa shape index (κ1) is 11.4. The Morgan fingerprint density at radius 3 is 3.19 bits per heavy atom. The van der Waals surface area contributed by atoms with Gasteiger partial charge in [0.15, 0.2) is 0 Å². The van der Waals surface area contributed by atoms with E-state index in [-0.39, 0.29) is 6.10 Å². The first-order chi connectivity index (χ1) is 7.75. The first-order valence-corrected chi connectivity index (χ1v) is 5.72. The highest BCUT2D eigenvalue weighted by Crippen LogP contribution is 2.11. The van der Waals surface area contributed by atoms with Gasteiger partial charge >= 0.3 is 0 Å². The summed E-state index contributed by atoms with van der Waals surface area (Å²) in [6, 6.07) is 4.10. The van der Waals surface area contributed by atoms with Crippen molar-refractivity contribution >= 4 is 5.82 Å². The number of aromatic nitrogens is 1. The summed E-state index contributed by atoms with van der Waals surface area (Å²) in [5.74, 6) is 1.01. The number of hydrogen-bond donors (Lipinski definition) is 1. The maximum atomic E-state index is 5.67. The number of aryl methyl sites for hydroxylation is 1. The molecule has 1 fully saturated rings. The number of nitrogens with one attached hydrogen (secondary N) is 1. The molecule has 1 aliphatic heterocycles. The van der Waals surface area contributed by atoms with Gasteiger partial charge in [-0.1, -0.05) is 0 Å².